The molecule has 4 rings (SSSR count). The lowest BCUT2D eigenvalue weighted by molar-refractivity contribution is -0.132. The van der Waals surface area contributed by atoms with Crippen LogP contribution < -0.4 is 14.8 Å². The third-order valence-electron chi connectivity index (χ3n) is 5.60. The molecule has 30 heavy (non-hydrogen) atoms. The second kappa shape index (κ2) is 7.78. The summed E-state index contributed by atoms with van der Waals surface area (Å²) in [4.78, 5) is 34.9. The summed E-state index contributed by atoms with van der Waals surface area (Å²) in [6, 6.07) is 10.7. The van der Waals surface area contributed by atoms with Crippen molar-refractivity contribution in [3.05, 3.63) is 65.2 Å². The van der Waals surface area contributed by atoms with Gasteiger partial charge in [0.25, 0.3) is 0 Å². The van der Waals surface area contributed by atoms with Crippen LogP contribution in [0.2, 0.25) is 0 Å². The minimum atomic E-state index is -0.445. The third-order valence-corrected chi connectivity index (χ3v) is 5.60. The Morgan fingerprint density at radius 1 is 0.933 bits per heavy atom. The molecular weight excluding hydrogens is 382 g/mol. The van der Waals surface area contributed by atoms with E-state index in [-0.39, 0.29) is 23.7 Å². The van der Waals surface area contributed by atoms with Crippen molar-refractivity contribution < 1.29 is 23.9 Å². The first kappa shape index (κ1) is 19.9. The average molecular weight is 405 g/mol. The van der Waals surface area contributed by atoms with Crippen molar-refractivity contribution in [3.8, 4) is 11.5 Å². The standard InChI is InChI=1S/C24H23NO5/c1-13(26)16-7-10-22-21(11-16)18-5-4-6-19(18)24(25-22)20-9-8-17(29-14(2)27)12-23(20)30-15(3)28/h4-5,7-12,18-19,24-25H,6H2,1-3H3/t18-,19+,24-/m1/s1. The van der Waals surface area contributed by atoms with Crippen LogP contribution in [0.4, 0.5) is 5.69 Å². The molecule has 1 aliphatic carbocycles. The molecule has 1 aliphatic heterocycles. The van der Waals surface area contributed by atoms with Gasteiger partial charge in [-0.3, -0.25) is 14.4 Å². The van der Waals surface area contributed by atoms with Gasteiger partial charge >= 0.3 is 11.9 Å². The highest BCUT2D eigenvalue weighted by Crippen LogP contribution is 2.51. The molecule has 3 atom stereocenters. The Morgan fingerprint density at radius 2 is 1.70 bits per heavy atom. The summed E-state index contributed by atoms with van der Waals surface area (Å²) in [6.07, 6.45) is 5.19. The van der Waals surface area contributed by atoms with Gasteiger partial charge in [0.1, 0.15) is 11.5 Å². The van der Waals surface area contributed by atoms with Gasteiger partial charge in [-0.2, -0.15) is 0 Å². The quantitative estimate of drug-likeness (QED) is 0.347. The highest BCUT2D eigenvalue weighted by Gasteiger charge is 2.39. The maximum Gasteiger partial charge on any atom is 0.308 e. The van der Waals surface area contributed by atoms with Crippen LogP contribution in [-0.4, -0.2) is 17.7 Å². The lowest BCUT2D eigenvalue weighted by Crippen LogP contribution is -2.29. The topological polar surface area (TPSA) is 81.7 Å². The van der Waals surface area contributed by atoms with Crippen molar-refractivity contribution in [1.82, 2.24) is 0 Å². The van der Waals surface area contributed by atoms with E-state index in [0.717, 1.165) is 23.2 Å². The van der Waals surface area contributed by atoms with Crippen molar-refractivity contribution in [3.63, 3.8) is 0 Å². The van der Waals surface area contributed by atoms with Crippen LogP contribution in [0.1, 0.15) is 60.6 Å². The molecule has 0 saturated heterocycles. The van der Waals surface area contributed by atoms with Crippen LogP contribution in [0.3, 0.4) is 0 Å². The maximum absolute atomic E-state index is 11.8. The summed E-state index contributed by atoms with van der Waals surface area (Å²) in [5.74, 6) is 0.204. The molecule has 0 fully saturated rings. The summed E-state index contributed by atoms with van der Waals surface area (Å²) in [5.41, 5.74) is 3.57. The number of carbonyl (C=O) groups excluding carboxylic acids is 3. The lowest BCUT2D eigenvalue weighted by atomic mass is 9.76. The van der Waals surface area contributed by atoms with Gasteiger partial charge in [-0.25, -0.2) is 0 Å². The van der Waals surface area contributed by atoms with Crippen molar-refractivity contribution in [2.24, 2.45) is 5.92 Å². The Kier molecular flexibility index (Phi) is 5.16. The summed E-state index contributed by atoms with van der Waals surface area (Å²) < 4.78 is 10.6. The van der Waals surface area contributed by atoms with Gasteiger partial charge in [0.15, 0.2) is 5.78 Å². The van der Waals surface area contributed by atoms with E-state index in [1.807, 2.05) is 24.3 Å². The van der Waals surface area contributed by atoms with Crippen LogP contribution in [0.15, 0.2) is 48.6 Å². The van der Waals surface area contributed by atoms with E-state index in [1.165, 1.54) is 13.8 Å². The summed E-state index contributed by atoms with van der Waals surface area (Å²) in [5, 5.41) is 3.57. The van der Waals surface area contributed by atoms with Crippen molar-refractivity contribution >= 4 is 23.4 Å². The molecule has 1 heterocycles. The molecule has 6 nitrogen and oxygen atoms in total. The first-order valence-electron chi connectivity index (χ1n) is 9.92. The second-order valence-electron chi connectivity index (χ2n) is 7.72. The maximum atomic E-state index is 11.8. The van der Waals surface area contributed by atoms with E-state index >= 15 is 0 Å². The number of fused-ring (bicyclic) bond motifs is 3. The molecule has 0 unspecified atom stereocenters. The number of rotatable bonds is 4. The number of carbonyl (C=O) groups is 3. The zero-order chi connectivity index (χ0) is 21.4. The Labute approximate surface area is 174 Å². The van der Waals surface area contributed by atoms with Gasteiger partial charge in [0.2, 0.25) is 0 Å². The van der Waals surface area contributed by atoms with Gasteiger partial charge in [0.05, 0.1) is 6.04 Å². The zero-order valence-corrected chi connectivity index (χ0v) is 17.1. The normalized spacial score (nSPS) is 21.2. The lowest BCUT2D eigenvalue weighted by Gasteiger charge is -2.38. The van der Waals surface area contributed by atoms with E-state index in [0.29, 0.717) is 17.1 Å². The number of hydrogen-bond donors (Lipinski definition) is 1. The predicted octanol–water partition coefficient (Wildman–Crippen LogP) is 4.57. The first-order chi connectivity index (χ1) is 14.3. The molecule has 154 valence electrons. The number of nitrogens with one attached hydrogen (secondary N) is 1. The molecule has 0 radical (unpaired) electrons. The van der Waals surface area contributed by atoms with Gasteiger partial charge in [0, 0.05) is 42.6 Å². The smallest absolute Gasteiger partial charge is 0.308 e. The minimum absolute atomic E-state index is 0.0386. The molecular formula is C24H23NO5. The van der Waals surface area contributed by atoms with Crippen LogP contribution in [0.5, 0.6) is 11.5 Å². The highest BCUT2D eigenvalue weighted by molar-refractivity contribution is 5.95. The Hall–Kier alpha value is -3.41. The highest BCUT2D eigenvalue weighted by atomic mass is 16.5. The number of ether oxygens (including phenoxy) is 2. The Morgan fingerprint density at radius 3 is 2.40 bits per heavy atom. The predicted molar refractivity (Wildman–Crippen MR) is 112 cm³/mol. The number of allylic oxidation sites excluding steroid dienone is 2. The SMILES string of the molecule is CC(=O)Oc1ccc([C@@H]2Nc3ccc(C(C)=O)cc3[C@@H]3C=CC[C@@H]32)c(OC(C)=O)c1. The molecule has 6 heteroatoms. The molecule has 0 spiro atoms. The molecule has 2 aromatic rings. The van der Waals surface area contributed by atoms with Crippen LogP contribution in [-0.2, 0) is 9.59 Å². The number of anilines is 1. The molecule has 0 aromatic heterocycles. The summed E-state index contributed by atoms with van der Waals surface area (Å²) in [6.45, 7) is 4.23. The van der Waals surface area contributed by atoms with Crippen molar-refractivity contribution in [1.29, 1.82) is 0 Å². The number of benzene rings is 2. The van der Waals surface area contributed by atoms with Crippen molar-refractivity contribution in [2.45, 2.75) is 39.2 Å². The van der Waals surface area contributed by atoms with Gasteiger partial charge < -0.3 is 14.8 Å². The fourth-order valence-electron chi connectivity index (χ4n) is 4.37. The Bertz CT molecular complexity index is 1070. The van der Waals surface area contributed by atoms with E-state index in [9.17, 15) is 14.4 Å². The van der Waals surface area contributed by atoms with Gasteiger partial charge in [-0.15, -0.1) is 0 Å². The first-order valence-corrected chi connectivity index (χ1v) is 9.92. The van der Waals surface area contributed by atoms with Crippen LogP contribution in [0, 0.1) is 5.92 Å². The molecule has 0 saturated carbocycles. The van der Waals surface area contributed by atoms with Crippen LogP contribution >= 0.6 is 0 Å². The minimum Gasteiger partial charge on any atom is -0.427 e. The van der Waals surface area contributed by atoms with Gasteiger partial charge in [-0.1, -0.05) is 12.2 Å². The number of Topliss-reactive ketones (excluding diaryl/α,β-unsaturated/α-hetero) is 1. The largest absolute Gasteiger partial charge is 0.427 e. The van der Waals surface area contributed by atoms with E-state index in [2.05, 4.69) is 17.5 Å². The fourth-order valence-corrected chi connectivity index (χ4v) is 4.37. The third kappa shape index (κ3) is 3.73. The second-order valence-corrected chi connectivity index (χ2v) is 7.72. The molecule has 0 amide bonds. The number of esters is 2. The molecule has 1 N–H and O–H groups in total. The summed E-state index contributed by atoms with van der Waals surface area (Å²) >= 11 is 0. The monoisotopic (exact) mass is 405 g/mol. The van der Waals surface area contributed by atoms with Crippen molar-refractivity contribution in [2.75, 3.05) is 5.32 Å². The number of ketones is 1. The van der Waals surface area contributed by atoms with E-state index < -0.39 is 11.9 Å². The Balaban J connectivity index is 1.76. The zero-order valence-electron chi connectivity index (χ0n) is 17.1. The van der Waals surface area contributed by atoms with E-state index in [1.54, 1.807) is 19.1 Å². The molecule has 2 aromatic carbocycles. The average Bonchev–Trinajstić information content (AvgIpc) is 3.16. The summed E-state index contributed by atoms with van der Waals surface area (Å²) in [7, 11) is 0. The molecule has 2 aliphatic rings. The van der Waals surface area contributed by atoms with E-state index in [4.69, 9.17) is 9.47 Å². The number of hydrogen-bond acceptors (Lipinski definition) is 6. The molecule has 0 bridgehead atoms. The van der Waals surface area contributed by atoms with Crippen LogP contribution in [0.25, 0.3) is 0 Å². The van der Waals surface area contributed by atoms with Gasteiger partial charge in [-0.05, 0) is 55.2 Å². The fraction of sp³-hybridized carbons (Fsp3) is 0.292.